The Kier molecular flexibility index (Phi) is 4.24. The van der Waals surface area contributed by atoms with E-state index in [-0.39, 0.29) is 5.56 Å². The van der Waals surface area contributed by atoms with Crippen LogP contribution in [0.3, 0.4) is 0 Å². The number of pyridine rings is 2. The topological polar surface area (TPSA) is 38.1 Å². The molecular formula is C21H21N3OS. The van der Waals surface area contributed by atoms with Crippen molar-refractivity contribution in [1.82, 2.24) is 9.55 Å². The van der Waals surface area contributed by atoms with Gasteiger partial charge in [-0.15, -0.1) is 11.3 Å². The van der Waals surface area contributed by atoms with E-state index >= 15 is 0 Å². The van der Waals surface area contributed by atoms with Crippen LogP contribution in [0.5, 0.6) is 0 Å². The maximum atomic E-state index is 13.1. The van der Waals surface area contributed by atoms with Gasteiger partial charge in [0.15, 0.2) is 0 Å². The highest BCUT2D eigenvalue weighted by Gasteiger charge is 2.15. The fourth-order valence-corrected chi connectivity index (χ4v) is 4.45. The van der Waals surface area contributed by atoms with E-state index < -0.39 is 0 Å². The van der Waals surface area contributed by atoms with E-state index in [0.717, 1.165) is 44.5 Å². The Morgan fingerprint density at radius 3 is 2.58 bits per heavy atom. The highest BCUT2D eigenvalue weighted by atomic mass is 32.1. The van der Waals surface area contributed by atoms with Crippen LogP contribution in [0.1, 0.15) is 18.9 Å². The van der Waals surface area contributed by atoms with Gasteiger partial charge in [0.25, 0.3) is 5.56 Å². The fourth-order valence-electron chi connectivity index (χ4n) is 3.36. The average molecular weight is 363 g/mol. The van der Waals surface area contributed by atoms with Gasteiger partial charge in [0.05, 0.1) is 0 Å². The van der Waals surface area contributed by atoms with E-state index in [4.69, 9.17) is 0 Å². The fraction of sp³-hybridized carbons (Fsp3) is 0.238. The lowest BCUT2D eigenvalue weighted by Crippen LogP contribution is -2.16. The third kappa shape index (κ3) is 2.69. The van der Waals surface area contributed by atoms with Crippen LogP contribution in [0.2, 0.25) is 0 Å². The van der Waals surface area contributed by atoms with E-state index in [0.29, 0.717) is 0 Å². The van der Waals surface area contributed by atoms with Crippen LogP contribution in [0.15, 0.2) is 53.6 Å². The number of hydrogen-bond donors (Lipinski definition) is 0. The Morgan fingerprint density at radius 2 is 1.88 bits per heavy atom. The van der Waals surface area contributed by atoms with Gasteiger partial charge in [-0.1, -0.05) is 25.5 Å². The highest BCUT2D eigenvalue weighted by Crippen LogP contribution is 2.36. The molecule has 0 amide bonds. The van der Waals surface area contributed by atoms with Crippen LogP contribution >= 0.6 is 11.3 Å². The highest BCUT2D eigenvalue weighted by molar-refractivity contribution is 7.25. The lowest BCUT2D eigenvalue weighted by molar-refractivity contribution is 0.918. The second-order valence-corrected chi connectivity index (χ2v) is 7.66. The van der Waals surface area contributed by atoms with Gasteiger partial charge >= 0.3 is 0 Å². The number of anilines is 1. The molecule has 0 saturated carbocycles. The van der Waals surface area contributed by atoms with Gasteiger partial charge in [-0.25, -0.2) is 4.98 Å². The molecule has 0 fully saturated rings. The summed E-state index contributed by atoms with van der Waals surface area (Å²) in [6.07, 6.45) is 5.86. The van der Waals surface area contributed by atoms with Crippen LogP contribution in [0.25, 0.3) is 26.0 Å². The minimum absolute atomic E-state index is 0.0125. The molecule has 0 atom stereocenters. The maximum absolute atomic E-state index is 13.1. The van der Waals surface area contributed by atoms with E-state index in [1.165, 1.54) is 16.9 Å². The predicted molar refractivity (Wildman–Crippen MR) is 111 cm³/mol. The number of aryl methyl sites for hydroxylation is 1. The Morgan fingerprint density at radius 1 is 1.12 bits per heavy atom. The summed E-state index contributed by atoms with van der Waals surface area (Å²) in [6, 6.07) is 12.3. The number of rotatable bonds is 4. The molecular weight excluding hydrogens is 342 g/mol. The van der Waals surface area contributed by atoms with Gasteiger partial charge in [0.2, 0.25) is 0 Å². The molecule has 4 nitrogen and oxygen atoms in total. The van der Waals surface area contributed by atoms with Crippen molar-refractivity contribution in [1.29, 1.82) is 0 Å². The lowest BCUT2D eigenvalue weighted by Gasteiger charge is -2.13. The Labute approximate surface area is 156 Å². The lowest BCUT2D eigenvalue weighted by atomic mass is 10.1. The Balaban J connectivity index is 1.91. The number of thiophene rings is 1. The quantitative estimate of drug-likeness (QED) is 0.531. The van der Waals surface area contributed by atoms with Gasteiger partial charge in [-0.2, -0.15) is 0 Å². The van der Waals surface area contributed by atoms with Crippen molar-refractivity contribution >= 4 is 37.3 Å². The summed E-state index contributed by atoms with van der Waals surface area (Å²) in [6.45, 7) is 2.17. The van der Waals surface area contributed by atoms with Crippen LogP contribution in [0.4, 0.5) is 5.69 Å². The molecule has 26 heavy (non-hydrogen) atoms. The maximum Gasteiger partial charge on any atom is 0.273 e. The first-order valence-electron chi connectivity index (χ1n) is 8.79. The molecule has 5 heteroatoms. The smallest absolute Gasteiger partial charge is 0.273 e. The normalized spacial score (nSPS) is 11.3. The van der Waals surface area contributed by atoms with E-state index in [2.05, 4.69) is 28.9 Å². The van der Waals surface area contributed by atoms with E-state index in [1.807, 2.05) is 44.6 Å². The first-order valence-corrected chi connectivity index (χ1v) is 9.61. The summed E-state index contributed by atoms with van der Waals surface area (Å²) < 4.78 is 2.48. The summed E-state index contributed by atoms with van der Waals surface area (Å²) in [4.78, 5) is 20.6. The SMILES string of the molecule is CCCc1ccc(-n2ccc3c(sc4nccc(N(C)C)c43)c2=O)cc1. The second kappa shape index (κ2) is 6.57. The number of nitrogens with zero attached hydrogens (tertiary/aromatic N) is 3. The molecule has 0 unspecified atom stereocenters. The minimum Gasteiger partial charge on any atom is -0.377 e. The molecule has 0 radical (unpaired) electrons. The van der Waals surface area contributed by atoms with Crippen molar-refractivity contribution in [3.8, 4) is 5.69 Å². The van der Waals surface area contributed by atoms with Crippen molar-refractivity contribution in [3.05, 3.63) is 64.7 Å². The summed E-state index contributed by atoms with van der Waals surface area (Å²) >= 11 is 1.47. The van der Waals surface area contributed by atoms with Crippen molar-refractivity contribution in [2.45, 2.75) is 19.8 Å². The molecule has 3 aromatic heterocycles. The summed E-state index contributed by atoms with van der Waals surface area (Å²) in [7, 11) is 4.02. The molecule has 0 aliphatic rings. The van der Waals surface area contributed by atoms with Gasteiger partial charge in [0.1, 0.15) is 9.53 Å². The second-order valence-electron chi connectivity index (χ2n) is 6.66. The van der Waals surface area contributed by atoms with Gasteiger partial charge in [0, 0.05) is 48.6 Å². The molecule has 4 aromatic rings. The van der Waals surface area contributed by atoms with Crippen molar-refractivity contribution in [2.75, 3.05) is 19.0 Å². The number of fused-ring (bicyclic) bond motifs is 3. The molecule has 4 rings (SSSR count). The standard InChI is InChI=1S/C21H21N3OS/c1-4-5-14-6-8-15(9-7-14)24-13-11-16-18-17(23(2)3)10-12-22-20(18)26-19(16)21(24)25/h6-13H,4-5H2,1-3H3. The third-order valence-electron chi connectivity index (χ3n) is 4.65. The first-order chi connectivity index (χ1) is 12.6. The molecule has 132 valence electrons. The largest absolute Gasteiger partial charge is 0.377 e. The summed E-state index contributed by atoms with van der Waals surface area (Å²) in [5.74, 6) is 0. The molecule has 0 spiro atoms. The van der Waals surface area contributed by atoms with Crippen LogP contribution in [-0.4, -0.2) is 23.6 Å². The van der Waals surface area contributed by atoms with Gasteiger partial charge < -0.3 is 4.90 Å². The van der Waals surface area contributed by atoms with E-state index in [1.54, 1.807) is 10.8 Å². The van der Waals surface area contributed by atoms with Crippen molar-refractivity contribution in [3.63, 3.8) is 0 Å². The Hall–Kier alpha value is -2.66. The van der Waals surface area contributed by atoms with Crippen LogP contribution < -0.4 is 10.5 Å². The number of aromatic nitrogens is 2. The monoisotopic (exact) mass is 363 g/mol. The van der Waals surface area contributed by atoms with Crippen LogP contribution in [-0.2, 0) is 6.42 Å². The Bertz CT molecular complexity index is 1140. The molecule has 0 bridgehead atoms. The number of hydrogen-bond acceptors (Lipinski definition) is 4. The van der Waals surface area contributed by atoms with Crippen LogP contribution in [0, 0.1) is 0 Å². The van der Waals surface area contributed by atoms with Gasteiger partial charge in [-0.3, -0.25) is 9.36 Å². The molecule has 0 aliphatic heterocycles. The van der Waals surface area contributed by atoms with Gasteiger partial charge in [-0.05, 0) is 36.2 Å². The average Bonchev–Trinajstić information content (AvgIpc) is 3.03. The van der Waals surface area contributed by atoms with Crippen molar-refractivity contribution < 1.29 is 0 Å². The third-order valence-corrected chi connectivity index (χ3v) is 5.75. The zero-order valence-electron chi connectivity index (χ0n) is 15.2. The molecule has 0 aliphatic carbocycles. The first kappa shape index (κ1) is 16.8. The number of benzene rings is 1. The molecule has 0 N–H and O–H groups in total. The minimum atomic E-state index is 0.0125. The zero-order chi connectivity index (χ0) is 18.3. The molecule has 1 aromatic carbocycles. The van der Waals surface area contributed by atoms with Crippen molar-refractivity contribution in [2.24, 2.45) is 0 Å². The zero-order valence-corrected chi connectivity index (χ0v) is 16.0. The summed E-state index contributed by atoms with van der Waals surface area (Å²) in [5.41, 5.74) is 3.29. The molecule has 0 saturated heterocycles. The molecule has 3 heterocycles. The predicted octanol–water partition coefficient (Wildman–Crippen LogP) is 4.62. The van der Waals surface area contributed by atoms with E-state index in [9.17, 15) is 4.79 Å². The summed E-state index contributed by atoms with van der Waals surface area (Å²) in [5, 5.41) is 2.03.